The number of methoxy groups -OCH3 is 1. The number of ether oxygens (including phenoxy) is 1. The minimum absolute atomic E-state index is 0.228. The first-order chi connectivity index (χ1) is 7.19. The Kier molecular flexibility index (Phi) is 4.36. The Balaban J connectivity index is 2.64. The topological polar surface area (TPSA) is 77.2 Å². The third-order valence-corrected chi connectivity index (χ3v) is 2.84. The maximum Gasteiger partial charge on any atom is 0.351 e. The second kappa shape index (κ2) is 5.55. The van der Waals surface area contributed by atoms with Crippen LogP contribution in [0, 0.1) is 0 Å². The maximum atomic E-state index is 11.2. The summed E-state index contributed by atoms with van der Waals surface area (Å²) in [6.07, 6.45) is 2.17. The molecule has 0 saturated heterocycles. The predicted molar refractivity (Wildman–Crippen MR) is 61.3 cm³/mol. The van der Waals surface area contributed by atoms with Crippen LogP contribution in [-0.4, -0.2) is 24.6 Å². The molecule has 0 amide bonds. The molecule has 0 spiro atoms. The van der Waals surface area contributed by atoms with Gasteiger partial charge in [-0.3, -0.25) is 0 Å². The van der Waals surface area contributed by atoms with Crippen molar-refractivity contribution in [2.45, 2.75) is 19.8 Å². The van der Waals surface area contributed by atoms with E-state index in [1.807, 2.05) is 0 Å². The number of esters is 1. The van der Waals surface area contributed by atoms with E-state index in [1.54, 1.807) is 0 Å². The maximum absolute atomic E-state index is 11.2. The third-order valence-electron chi connectivity index (χ3n) is 1.83. The molecule has 0 unspecified atom stereocenters. The van der Waals surface area contributed by atoms with E-state index in [1.165, 1.54) is 18.4 Å². The highest BCUT2D eigenvalue weighted by Crippen LogP contribution is 2.25. The molecule has 1 aromatic rings. The van der Waals surface area contributed by atoms with Crippen LogP contribution in [0.15, 0.2) is 0 Å². The Hall–Kier alpha value is -1.30. The lowest BCUT2D eigenvalue weighted by Crippen LogP contribution is -2.02. The fourth-order valence-electron chi connectivity index (χ4n) is 1.02. The van der Waals surface area contributed by atoms with Crippen molar-refractivity contribution in [1.29, 1.82) is 0 Å². The number of rotatable bonds is 5. The number of hydrogen-bond donors (Lipinski definition) is 2. The third kappa shape index (κ3) is 3.09. The molecule has 0 radical (unpaired) electrons. The summed E-state index contributed by atoms with van der Waals surface area (Å²) in [5.41, 5.74) is 5.58. The van der Waals surface area contributed by atoms with Gasteiger partial charge >= 0.3 is 5.97 Å². The molecule has 0 aliphatic carbocycles. The van der Waals surface area contributed by atoms with Gasteiger partial charge < -0.3 is 15.8 Å². The first-order valence-corrected chi connectivity index (χ1v) is 5.59. The molecule has 0 fully saturated rings. The van der Waals surface area contributed by atoms with E-state index in [0.717, 1.165) is 19.4 Å². The van der Waals surface area contributed by atoms with Crippen molar-refractivity contribution in [3.63, 3.8) is 0 Å². The zero-order chi connectivity index (χ0) is 11.3. The highest BCUT2D eigenvalue weighted by atomic mass is 32.1. The van der Waals surface area contributed by atoms with Gasteiger partial charge in [0.05, 0.1) is 7.11 Å². The van der Waals surface area contributed by atoms with Crippen LogP contribution in [0.3, 0.4) is 0 Å². The van der Waals surface area contributed by atoms with Crippen LogP contribution in [0.2, 0.25) is 0 Å². The lowest BCUT2D eigenvalue weighted by Gasteiger charge is -1.98. The monoisotopic (exact) mass is 229 g/mol. The molecule has 0 aliphatic heterocycles. The lowest BCUT2D eigenvalue weighted by atomic mass is 10.3. The average Bonchev–Trinajstić information content (AvgIpc) is 2.59. The van der Waals surface area contributed by atoms with Crippen LogP contribution in [0.4, 0.5) is 10.9 Å². The Morgan fingerprint density at radius 1 is 1.67 bits per heavy atom. The van der Waals surface area contributed by atoms with E-state index in [4.69, 9.17) is 5.73 Å². The van der Waals surface area contributed by atoms with Gasteiger partial charge in [-0.25, -0.2) is 9.78 Å². The molecule has 1 aromatic heterocycles. The van der Waals surface area contributed by atoms with Crippen molar-refractivity contribution in [2.24, 2.45) is 0 Å². The van der Waals surface area contributed by atoms with Crippen molar-refractivity contribution in [1.82, 2.24) is 4.98 Å². The molecule has 0 aliphatic rings. The molecule has 1 heterocycles. The molecule has 0 saturated carbocycles. The number of nitrogens with two attached hydrogens (primary N) is 1. The molecule has 0 bridgehead atoms. The minimum atomic E-state index is -0.437. The van der Waals surface area contributed by atoms with Gasteiger partial charge in [0.2, 0.25) is 0 Å². The number of nitrogens with zero attached hydrogens (tertiary/aromatic N) is 1. The molecular formula is C9H15N3O2S. The van der Waals surface area contributed by atoms with Gasteiger partial charge in [-0.1, -0.05) is 24.7 Å². The van der Waals surface area contributed by atoms with E-state index in [2.05, 4.69) is 22.0 Å². The second-order valence-corrected chi connectivity index (χ2v) is 4.00. The van der Waals surface area contributed by atoms with Crippen LogP contribution in [0.25, 0.3) is 0 Å². The lowest BCUT2D eigenvalue weighted by molar-refractivity contribution is 0.0607. The summed E-state index contributed by atoms with van der Waals surface area (Å²) in [5.74, 6) is -0.209. The van der Waals surface area contributed by atoms with Crippen molar-refractivity contribution < 1.29 is 9.53 Å². The summed E-state index contributed by atoms with van der Waals surface area (Å²) in [6, 6.07) is 0. The van der Waals surface area contributed by atoms with E-state index in [0.29, 0.717) is 10.0 Å². The number of carbonyl (C=O) groups excluding carboxylic acids is 1. The molecule has 0 atom stereocenters. The van der Waals surface area contributed by atoms with Gasteiger partial charge in [-0.2, -0.15) is 0 Å². The number of thiazole rings is 1. The Morgan fingerprint density at radius 2 is 2.40 bits per heavy atom. The van der Waals surface area contributed by atoms with Crippen LogP contribution < -0.4 is 11.1 Å². The van der Waals surface area contributed by atoms with Gasteiger partial charge in [0.15, 0.2) is 15.8 Å². The smallest absolute Gasteiger partial charge is 0.351 e. The standard InChI is InChI=1S/C9H15N3O2S/c1-3-4-5-11-9-12-7(10)6(15-9)8(13)14-2/h3-5,10H2,1-2H3,(H,11,12). The van der Waals surface area contributed by atoms with Gasteiger partial charge in [0.25, 0.3) is 0 Å². The van der Waals surface area contributed by atoms with Crippen molar-refractivity contribution in [3.8, 4) is 0 Å². The van der Waals surface area contributed by atoms with Crippen LogP contribution in [0.5, 0.6) is 0 Å². The molecule has 3 N–H and O–H groups in total. The van der Waals surface area contributed by atoms with Crippen LogP contribution >= 0.6 is 11.3 Å². The number of anilines is 2. The van der Waals surface area contributed by atoms with Crippen molar-refractivity contribution in [2.75, 3.05) is 24.7 Å². The summed E-state index contributed by atoms with van der Waals surface area (Å²) < 4.78 is 4.58. The fourth-order valence-corrected chi connectivity index (χ4v) is 1.85. The van der Waals surface area contributed by atoms with E-state index < -0.39 is 5.97 Å². The largest absolute Gasteiger partial charge is 0.465 e. The summed E-state index contributed by atoms with van der Waals surface area (Å²) in [5, 5.41) is 3.77. The first kappa shape index (κ1) is 11.8. The van der Waals surface area contributed by atoms with Crippen molar-refractivity contribution in [3.05, 3.63) is 4.88 Å². The van der Waals surface area contributed by atoms with Crippen molar-refractivity contribution >= 4 is 28.3 Å². The molecule has 0 aromatic carbocycles. The Labute approximate surface area is 92.6 Å². The summed E-state index contributed by atoms with van der Waals surface area (Å²) in [4.78, 5) is 15.6. The SMILES string of the molecule is CCCCNc1nc(N)c(C(=O)OC)s1. The second-order valence-electron chi connectivity index (χ2n) is 3.01. The van der Waals surface area contributed by atoms with E-state index >= 15 is 0 Å². The average molecular weight is 229 g/mol. The Bertz CT molecular complexity index is 338. The summed E-state index contributed by atoms with van der Waals surface area (Å²) >= 11 is 1.22. The van der Waals surface area contributed by atoms with E-state index in [-0.39, 0.29) is 5.82 Å². The Morgan fingerprint density at radius 3 is 3.00 bits per heavy atom. The first-order valence-electron chi connectivity index (χ1n) is 4.77. The van der Waals surface area contributed by atoms with E-state index in [9.17, 15) is 4.79 Å². The highest BCUT2D eigenvalue weighted by molar-refractivity contribution is 7.17. The fraction of sp³-hybridized carbons (Fsp3) is 0.556. The van der Waals surface area contributed by atoms with Gasteiger partial charge in [-0.05, 0) is 6.42 Å². The van der Waals surface area contributed by atoms with Gasteiger partial charge in [0, 0.05) is 6.54 Å². The molecule has 84 valence electrons. The molecule has 15 heavy (non-hydrogen) atoms. The van der Waals surface area contributed by atoms with Gasteiger partial charge in [-0.15, -0.1) is 0 Å². The highest BCUT2D eigenvalue weighted by Gasteiger charge is 2.15. The quantitative estimate of drug-likeness (QED) is 0.594. The van der Waals surface area contributed by atoms with Crippen LogP contribution in [0.1, 0.15) is 29.4 Å². The molecule has 1 rings (SSSR count). The molecule has 6 heteroatoms. The number of carbonyl (C=O) groups is 1. The summed E-state index contributed by atoms with van der Waals surface area (Å²) in [7, 11) is 1.33. The zero-order valence-electron chi connectivity index (χ0n) is 8.87. The number of aromatic nitrogens is 1. The predicted octanol–water partition coefficient (Wildman–Crippen LogP) is 1.72. The normalized spacial score (nSPS) is 10.0. The zero-order valence-corrected chi connectivity index (χ0v) is 9.69. The molecule has 5 nitrogen and oxygen atoms in total. The number of nitrogen functional groups attached to an aromatic ring is 1. The van der Waals surface area contributed by atoms with Crippen LogP contribution in [-0.2, 0) is 4.74 Å². The number of nitrogens with one attached hydrogen (secondary N) is 1. The number of unbranched alkanes of at least 4 members (excludes halogenated alkanes) is 1. The number of hydrogen-bond acceptors (Lipinski definition) is 6. The van der Waals surface area contributed by atoms with Gasteiger partial charge in [0.1, 0.15) is 0 Å². The minimum Gasteiger partial charge on any atom is -0.465 e. The molecular weight excluding hydrogens is 214 g/mol. The summed E-state index contributed by atoms with van der Waals surface area (Å²) in [6.45, 7) is 2.95.